The van der Waals surface area contributed by atoms with Gasteiger partial charge in [-0.25, -0.2) is 0 Å². The van der Waals surface area contributed by atoms with Gasteiger partial charge in [-0.05, 0) is 18.6 Å². The van der Waals surface area contributed by atoms with Crippen LogP contribution in [0.2, 0.25) is 0 Å². The summed E-state index contributed by atoms with van der Waals surface area (Å²) in [4.78, 5) is 48.4. The lowest BCUT2D eigenvalue weighted by molar-refractivity contribution is -0.136. The lowest BCUT2D eigenvalue weighted by atomic mass is 10.0. The summed E-state index contributed by atoms with van der Waals surface area (Å²) in [6.45, 7) is 0. The Morgan fingerprint density at radius 3 is 2.48 bits per heavy atom. The van der Waals surface area contributed by atoms with Crippen LogP contribution in [0.4, 0.5) is 5.69 Å². The summed E-state index contributed by atoms with van der Waals surface area (Å²) in [5, 5.41) is 2.13. The molecule has 0 spiro atoms. The predicted octanol–water partition coefficient (Wildman–Crippen LogP) is 0.306. The Hall–Kier alpha value is -2.70. The van der Waals surface area contributed by atoms with Crippen molar-refractivity contribution in [3.05, 3.63) is 29.3 Å². The first-order chi connectivity index (χ1) is 9.50. The molecule has 7 heteroatoms. The number of nitrogens with two attached hydrogens (primary N) is 1. The highest BCUT2D eigenvalue weighted by molar-refractivity contribution is 6.25. The van der Waals surface area contributed by atoms with E-state index >= 15 is 0 Å². The fourth-order valence-corrected chi connectivity index (χ4v) is 2.54. The molecule has 21 heavy (non-hydrogen) atoms. The zero-order valence-corrected chi connectivity index (χ0v) is 10.4. The van der Waals surface area contributed by atoms with E-state index in [1.807, 2.05) is 0 Å². The number of nitrogens with zero attached hydrogens (tertiary/aromatic N) is 1. The van der Waals surface area contributed by atoms with Crippen molar-refractivity contribution in [3.8, 4) is 0 Å². The molecule has 0 aromatic heterocycles. The molecule has 110 valence electrons. The number of hydrogen-bond acceptors (Lipinski definition) is 5. The molecule has 0 bridgehead atoms. The SMILES string of the molecule is C.Nc1cccc2c1C(=O)N(C1CCC(=O)NC1=O)C2=O. The van der Waals surface area contributed by atoms with Gasteiger partial charge in [0.1, 0.15) is 6.04 Å². The van der Waals surface area contributed by atoms with Gasteiger partial charge >= 0.3 is 0 Å². The lowest BCUT2D eigenvalue weighted by Crippen LogP contribution is -2.54. The first-order valence-electron chi connectivity index (χ1n) is 6.11. The Labute approximate surface area is 121 Å². The zero-order chi connectivity index (χ0) is 14.4. The van der Waals surface area contributed by atoms with Gasteiger partial charge < -0.3 is 5.73 Å². The number of imide groups is 2. The quantitative estimate of drug-likeness (QED) is 0.571. The number of rotatable bonds is 1. The topological polar surface area (TPSA) is 110 Å². The first-order valence-corrected chi connectivity index (χ1v) is 6.11. The maximum Gasteiger partial charge on any atom is 0.264 e. The molecule has 7 nitrogen and oxygen atoms in total. The van der Waals surface area contributed by atoms with E-state index in [1.54, 1.807) is 6.07 Å². The van der Waals surface area contributed by atoms with E-state index in [2.05, 4.69) is 5.32 Å². The molecule has 3 N–H and O–H groups in total. The second-order valence-electron chi connectivity index (χ2n) is 4.72. The number of nitrogens with one attached hydrogen (secondary N) is 1. The highest BCUT2D eigenvalue weighted by Crippen LogP contribution is 2.30. The van der Waals surface area contributed by atoms with E-state index in [1.165, 1.54) is 12.1 Å². The monoisotopic (exact) mass is 289 g/mol. The summed E-state index contributed by atoms with van der Waals surface area (Å²) >= 11 is 0. The van der Waals surface area contributed by atoms with E-state index in [0.29, 0.717) is 0 Å². The van der Waals surface area contributed by atoms with Crippen molar-refractivity contribution in [1.82, 2.24) is 10.2 Å². The second-order valence-corrected chi connectivity index (χ2v) is 4.72. The van der Waals surface area contributed by atoms with Gasteiger partial charge in [-0.15, -0.1) is 0 Å². The van der Waals surface area contributed by atoms with Crippen LogP contribution < -0.4 is 11.1 Å². The zero-order valence-electron chi connectivity index (χ0n) is 10.4. The molecule has 1 unspecified atom stereocenters. The molecule has 2 aliphatic rings. The van der Waals surface area contributed by atoms with Gasteiger partial charge in [0.15, 0.2) is 0 Å². The van der Waals surface area contributed by atoms with E-state index in [9.17, 15) is 19.2 Å². The van der Waals surface area contributed by atoms with Crippen LogP contribution in [0.15, 0.2) is 18.2 Å². The summed E-state index contributed by atoms with van der Waals surface area (Å²) in [7, 11) is 0. The number of fused-ring (bicyclic) bond motifs is 1. The second kappa shape index (κ2) is 5.01. The molecule has 0 radical (unpaired) electrons. The van der Waals surface area contributed by atoms with E-state index in [-0.39, 0.29) is 37.1 Å². The standard InChI is InChI=1S/C13H11N3O4.CH4/c14-7-3-1-2-6-10(7)13(20)16(12(6)19)8-4-5-9(17)15-11(8)18;/h1-3,8H,4-5,14H2,(H,15,17,18);1H4. The Balaban J connectivity index is 0.00000161. The summed E-state index contributed by atoms with van der Waals surface area (Å²) in [5.41, 5.74) is 6.24. The van der Waals surface area contributed by atoms with Crippen molar-refractivity contribution < 1.29 is 19.2 Å². The smallest absolute Gasteiger partial charge is 0.264 e. The average molecular weight is 289 g/mol. The third-order valence-electron chi connectivity index (χ3n) is 3.50. The minimum atomic E-state index is -0.959. The largest absolute Gasteiger partial charge is 0.398 e. The van der Waals surface area contributed by atoms with E-state index < -0.39 is 29.7 Å². The van der Waals surface area contributed by atoms with Crippen LogP contribution >= 0.6 is 0 Å². The van der Waals surface area contributed by atoms with Crippen LogP contribution in [-0.4, -0.2) is 34.6 Å². The normalized spacial score (nSPS) is 21.0. The van der Waals surface area contributed by atoms with Crippen molar-refractivity contribution in [3.63, 3.8) is 0 Å². The maximum absolute atomic E-state index is 12.3. The van der Waals surface area contributed by atoms with Gasteiger partial charge in [0.05, 0.1) is 11.1 Å². The van der Waals surface area contributed by atoms with Crippen LogP contribution in [0.3, 0.4) is 0 Å². The Bertz CT molecular complexity index is 668. The number of amides is 4. The highest BCUT2D eigenvalue weighted by Gasteiger charge is 2.45. The third-order valence-corrected chi connectivity index (χ3v) is 3.50. The Morgan fingerprint density at radius 1 is 1.14 bits per heavy atom. The number of nitrogen functional groups attached to an aromatic ring is 1. The maximum atomic E-state index is 12.3. The van der Waals surface area contributed by atoms with Crippen molar-refractivity contribution >= 4 is 29.3 Å². The minimum absolute atomic E-state index is 0. The van der Waals surface area contributed by atoms with Crippen molar-refractivity contribution in [2.24, 2.45) is 0 Å². The number of anilines is 1. The van der Waals surface area contributed by atoms with E-state index in [4.69, 9.17) is 5.73 Å². The minimum Gasteiger partial charge on any atom is -0.398 e. The van der Waals surface area contributed by atoms with Gasteiger partial charge in [0.25, 0.3) is 11.8 Å². The van der Waals surface area contributed by atoms with Gasteiger partial charge in [0.2, 0.25) is 11.8 Å². The number of carbonyl (C=O) groups excluding carboxylic acids is 4. The molecule has 1 aromatic carbocycles. The summed E-state index contributed by atoms with van der Waals surface area (Å²) in [6, 6.07) is 3.64. The van der Waals surface area contributed by atoms with Crippen molar-refractivity contribution in [2.75, 3.05) is 5.73 Å². The average Bonchev–Trinajstić information content (AvgIpc) is 2.64. The fraction of sp³-hybridized carbons (Fsp3) is 0.286. The molecule has 2 heterocycles. The van der Waals surface area contributed by atoms with Crippen LogP contribution in [0, 0.1) is 0 Å². The van der Waals surface area contributed by atoms with Crippen molar-refractivity contribution in [1.29, 1.82) is 0 Å². The molecule has 0 aliphatic carbocycles. The van der Waals surface area contributed by atoms with Gasteiger partial charge in [0, 0.05) is 12.1 Å². The highest BCUT2D eigenvalue weighted by atomic mass is 16.2. The molecule has 1 atom stereocenters. The fourth-order valence-electron chi connectivity index (χ4n) is 2.54. The van der Waals surface area contributed by atoms with Crippen LogP contribution in [0.5, 0.6) is 0 Å². The molecular weight excluding hydrogens is 274 g/mol. The number of carbonyl (C=O) groups is 4. The lowest BCUT2D eigenvalue weighted by Gasteiger charge is -2.27. The van der Waals surface area contributed by atoms with E-state index in [0.717, 1.165) is 4.90 Å². The number of benzene rings is 1. The Morgan fingerprint density at radius 2 is 1.86 bits per heavy atom. The summed E-state index contributed by atoms with van der Waals surface area (Å²) in [6.07, 6.45) is 0.231. The van der Waals surface area contributed by atoms with Gasteiger partial charge in [-0.2, -0.15) is 0 Å². The summed E-state index contributed by atoms with van der Waals surface area (Å²) < 4.78 is 0. The van der Waals surface area contributed by atoms with Crippen LogP contribution in [-0.2, 0) is 9.59 Å². The summed E-state index contributed by atoms with van der Waals surface area (Å²) in [5.74, 6) is -2.17. The molecule has 0 saturated carbocycles. The van der Waals surface area contributed by atoms with Gasteiger partial charge in [-0.1, -0.05) is 13.5 Å². The molecule has 1 saturated heterocycles. The first kappa shape index (κ1) is 14.7. The molecule has 2 aliphatic heterocycles. The molecule has 4 amide bonds. The third kappa shape index (κ3) is 2.06. The number of hydrogen-bond donors (Lipinski definition) is 2. The molecular formula is C14H15N3O4. The molecule has 1 aromatic rings. The molecule has 3 rings (SSSR count). The predicted molar refractivity (Wildman–Crippen MR) is 74.3 cm³/mol. The van der Waals surface area contributed by atoms with Crippen LogP contribution in [0.25, 0.3) is 0 Å². The van der Waals surface area contributed by atoms with Gasteiger partial charge in [-0.3, -0.25) is 29.4 Å². The molecule has 1 fully saturated rings. The number of piperidine rings is 1. The van der Waals surface area contributed by atoms with Crippen LogP contribution in [0.1, 0.15) is 41.0 Å². The Kier molecular flexibility index (Phi) is 3.51. The van der Waals surface area contributed by atoms with Crippen molar-refractivity contribution in [2.45, 2.75) is 26.3 Å².